The fraction of sp³-hybridized carbons (Fsp3) is 0.800. The predicted octanol–water partition coefficient (Wildman–Crippen LogP) is 3.67. The first-order chi connectivity index (χ1) is 8.70. The van der Waals surface area contributed by atoms with Crippen LogP contribution in [0.4, 0.5) is 0 Å². The van der Waals surface area contributed by atoms with Gasteiger partial charge in [0, 0.05) is 18.4 Å². The van der Waals surface area contributed by atoms with Gasteiger partial charge < -0.3 is 10.3 Å². The van der Waals surface area contributed by atoms with E-state index in [4.69, 9.17) is 0 Å². The van der Waals surface area contributed by atoms with Gasteiger partial charge in [0.05, 0.1) is 6.04 Å². The van der Waals surface area contributed by atoms with Crippen LogP contribution in [0.1, 0.15) is 64.7 Å². The summed E-state index contributed by atoms with van der Waals surface area (Å²) in [5, 5.41) is 3.80. The number of nitrogens with zero attached hydrogens (tertiary/aromatic N) is 1. The molecule has 0 amide bonds. The van der Waals surface area contributed by atoms with E-state index in [-0.39, 0.29) is 0 Å². The predicted molar refractivity (Wildman–Crippen MR) is 75.3 cm³/mol. The maximum absolute atomic E-state index is 4.39. The molecule has 1 aliphatic rings. The van der Waals surface area contributed by atoms with Crippen LogP contribution in [0.25, 0.3) is 0 Å². The molecule has 18 heavy (non-hydrogen) atoms. The number of nitrogens with one attached hydrogen (secondary N) is 2. The van der Waals surface area contributed by atoms with Gasteiger partial charge in [-0.1, -0.05) is 33.6 Å². The molecule has 0 aliphatic heterocycles. The lowest BCUT2D eigenvalue weighted by Crippen LogP contribution is -2.38. The van der Waals surface area contributed by atoms with Crippen LogP contribution in [-0.4, -0.2) is 16.0 Å². The van der Waals surface area contributed by atoms with Gasteiger partial charge in [-0.3, -0.25) is 0 Å². The summed E-state index contributed by atoms with van der Waals surface area (Å²) < 4.78 is 0. The van der Waals surface area contributed by atoms with Gasteiger partial charge in [0.15, 0.2) is 0 Å². The standard InChI is InChI=1S/C15H27N3/c1-4-14(15-16-8-9-17-15)18-13-7-5-6-12(10-13)11(2)3/h8-9,11-14,18H,4-7,10H2,1-3H3,(H,16,17). The van der Waals surface area contributed by atoms with E-state index >= 15 is 0 Å². The van der Waals surface area contributed by atoms with E-state index in [1.165, 1.54) is 25.7 Å². The first-order valence-electron chi connectivity index (χ1n) is 7.46. The first kappa shape index (κ1) is 13.6. The summed E-state index contributed by atoms with van der Waals surface area (Å²) in [6.45, 7) is 6.94. The lowest BCUT2D eigenvalue weighted by Gasteiger charge is -2.34. The molecule has 102 valence electrons. The third-order valence-electron chi connectivity index (χ3n) is 4.35. The molecule has 3 atom stereocenters. The molecule has 1 aromatic rings. The van der Waals surface area contributed by atoms with Crippen molar-refractivity contribution in [2.75, 3.05) is 0 Å². The zero-order valence-electron chi connectivity index (χ0n) is 11.9. The molecular weight excluding hydrogens is 222 g/mol. The maximum atomic E-state index is 4.39. The van der Waals surface area contributed by atoms with Crippen LogP contribution >= 0.6 is 0 Å². The molecule has 0 spiro atoms. The Hall–Kier alpha value is -0.830. The highest BCUT2D eigenvalue weighted by Gasteiger charge is 2.26. The summed E-state index contributed by atoms with van der Waals surface area (Å²) in [6.07, 6.45) is 10.3. The number of imidazole rings is 1. The van der Waals surface area contributed by atoms with Crippen LogP contribution in [-0.2, 0) is 0 Å². The summed E-state index contributed by atoms with van der Waals surface area (Å²) in [5.74, 6) is 2.80. The minimum Gasteiger partial charge on any atom is -0.347 e. The highest BCUT2D eigenvalue weighted by Crippen LogP contribution is 2.31. The van der Waals surface area contributed by atoms with Crippen molar-refractivity contribution in [2.24, 2.45) is 11.8 Å². The summed E-state index contributed by atoms with van der Waals surface area (Å²) in [4.78, 5) is 7.63. The number of rotatable bonds is 5. The van der Waals surface area contributed by atoms with Crippen molar-refractivity contribution in [3.63, 3.8) is 0 Å². The quantitative estimate of drug-likeness (QED) is 0.836. The highest BCUT2D eigenvalue weighted by atomic mass is 15.0. The Morgan fingerprint density at radius 3 is 2.89 bits per heavy atom. The van der Waals surface area contributed by atoms with Gasteiger partial charge in [0.1, 0.15) is 5.82 Å². The maximum Gasteiger partial charge on any atom is 0.123 e. The monoisotopic (exact) mass is 249 g/mol. The molecule has 0 radical (unpaired) electrons. The zero-order chi connectivity index (χ0) is 13.0. The van der Waals surface area contributed by atoms with Crippen molar-refractivity contribution in [3.8, 4) is 0 Å². The molecule has 1 aliphatic carbocycles. The van der Waals surface area contributed by atoms with E-state index in [0.29, 0.717) is 12.1 Å². The van der Waals surface area contributed by atoms with Crippen LogP contribution in [0.2, 0.25) is 0 Å². The Morgan fingerprint density at radius 2 is 2.28 bits per heavy atom. The fourth-order valence-electron chi connectivity index (χ4n) is 3.13. The minimum absolute atomic E-state index is 0.385. The van der Waals surface area contributed by atoms with Crippen molar-refractivity contribution in [1.82, 2.24) is 15.3 Å². The largest absolute Gasteiger partial charge is 0.347 e. The molecule has 1 saturated carbocycles. The summed E-state index contributed by atoms with van der Waals surface area (Å²) in [7, 11) is 0. The van der Waals surface area contributed by atoms with Gasteiger partial charge in [-0.15, -0.1) is 0 Å². The van der Waals surface area contributed by atoms with Gasteiger partial charge in [0.2, 0.25) is 0 Å². The number of hydrogen-bond donors (Lipinski definition) is 2. The molecular formula is C15H27N3. The Morgan fingerprint density at radius 1 is 1.44 bits per heavy atom. The number of aromatic nitrogens is 2. The third-order valence-corrected chi connectivity index (χ3v) is 4.35. The second kappa shape index (κ2) is 6.37. The van der Waals surface area contributed by atoms with E-state index < -0.39 is 0 Å². The third kappa shape index (κ3) is 3.35. The van der Waals surface area contributed by atoms with Crippen molar-refractivity contribution in [3.05, 3.63) is 18.2 Å². The Kier molecular flexibility index (Phi) is 4.81. The van der Waals surface area contributed by atoms with Gasteiger partial charge in [-0.05, 0) is 31.1 Å². The molecule has 3 heteroatoms. The summed E-state index contributed by atoms with van der Waals surface area (Å²) >= 11 is 0. The van der Waals surface area contributed by atoms with Crippen molar-refractivity contribution >= 4 is 0 Å². The van der Waals surface area contributed by atoms with Crippen LogP contribution in [0.5, 0.6) is 0 Å². The smallest absolute Gasteiger partial charge is 0.123 e. The van der Waals surface area contributed by atoms with Crippen molar-refractivity contribution in [2.45, 2.75) is 65.0 Å². The summed E-state index contributed by atoms with van der Waals surface area (Å²) in [5.41, 5.74) is 0. The molecule has 3 unspecified atom stereocenters. The Labute approximate surface area is 111 Å². The van der Waals surface area contributed by atoms with E-state index in [2.05, 4.69) is 36.1 Å². The molecule has 2 N–H and O–H groups in total. The average molecular weight is 249 g/mol. The van der Waals surface area contributed by atoms with E-state index in [9.17, 15) is 0 Å². The molecule has 1 aromatic heterocycles. The second-order valence-corrected chi connectivity index (χ2v) is 5.97. The molecule has 0 aromatic carbocycles. The topological polar surface area (TPSA) is 40.7 Å². The first-order valence-corrected chi connectivity index (χ1v) is 7.46. The Balaban J connectivity index is 1.91. The van der Waals surface area contributed by atoms with Gasteiger partial charge >= 0.3 is 0 Å². The van der Waals surface area contributed by atoms with E-state index in [0.717, 1.165) is 24.1 Å². The molecule has 0 saturated heterocycles. The van der Waals surface area contributed by atoms with Gasteiger partial charge in [-0.2, -0.15) is 0 Å². The average Bonchev–Trinajstić information content (AvgIpc) is 2.90. The second-order valence-electron chi connectivity index (χ2n) is 5.97. The minimum atomic E-state index is 0.385. The lowest BCUT2D eigenvalue weighted by molar-refractivity contribution is 0.218. The molecule has 3 nitrogen and oxygen atoms in total. The SMILES string of the molecule is CCC(NC1CCCC(C(C)C)C1)c1ncc[nH]1. The molecule has 0 bridgehead atoms. The van der Waals surface area contributed by atoms with Gasteiger partial charge in [-0.25, -0.2) is 4.98 Å². The lowest BCUT2D eigenvalue weighted by atomic mass is 9.79. The number of aromatic amines is 1. The van der Waals surface area contributed by atoms with Crippen molar-refractivity contribution in [1.29, 1.82) is 0 Å². The Bertz CT molecular complexity index is 332. The number of hydrogen-bond acceptors (Lipinski definition) is 2. The van der Waals surface area contributed by atoms with Crippen molar-refractivity contribution < 1.29 is 0 Å². The van der Waals surface area contributed by atoms with Crippen LogP contribution < -0.4 is 5.32 Å². The van der Waals surface area contributed by atoms with E-state index in [1.807, 2.05) is 12.4 Å². The van der Waals surface area contributed by atoms with Crippen LogP contribution in [0, 0.1) is 11.8 Å². The normalized spacial score (nSPS) is 26.4. The van der Waals surface area contributed by atoms with Crippen LogP contribution in [0.3, 0.4) is 0 Å². The molecule has 1 heterocycles. The van der Waals surface area contributed by atoms with Gasteiger partial charge in [0.25, 0.3) is 0 Å². The number of H-pyrrole nitrogens is 1. The zero-order valence-corrected chi connectivity index (χ0v) is 11.9. The highest BCUT2D eigenvalue weighted by molar-refractivity contribution is 4.96. The molecule has 2 rings (SSSR count). The molecule has 1 fully saturated rings. The van der Waals surface area contributed by atoms with E-state index in [1.54, 1.807) is 0 Å². The fourth-order valence-corrected chi connectivity index (χ4v) is 3.13. The summed E-state index contributed by atoms with van der Waals surface area (Å²) in [6, 6.07) is 1.05. The van der Waals surface area contributed by atoms with Crippen LogP contribution in [0.15, 0.2) is 12.4 Å².